The highest BCUT2D eigenvalue weighted by molar-refractivity contribution is 5.93. The molecule has 0 spiro atoms. The number of amides is 3. The Morgan fingerprint density at radius 2 is 1.62 bits per heavy atom. The average molecular weight is 465 g/mol. The molecule has 4 atom stereocenters. The van der Waals surface area contributed by atoms with Gasteiger partial charge in [0.25, 0.3) is 0 Å². The van der Waals surface area contributed by atoms with Crippen molar-refractivity contribution in [3.05, 3.63) is 71.8 Å². The van der Waals surface area contributed by atoms with Gasteiger partial charge in [0.1, 0.15) is 12.1 Å². The van der Waals surface area contributed by atoms with E-state index in [1.807, 2.05) is 67.6 Å². The molecule has 7 nitrogen and oxygen atoms in total. The van der Waals surface area contributed by atoms with Crippen molar-refractivity contribution in [3.63, 3.8) is 0 Å². The number of likely N-dealkylation sites (tertiary alicyclic amines) is 1. The summed E-state index contributed by atoms with van der Waals surface area (Å²) in [6.07, 6.45) is 1.72. The summed E-state index contributed by atoms with van der Waals surface area (Å²) in [7, 11) is 1.70. The summed E-state index contributed by atoms with van der Waals surface area (Å²) in [5.74, 6) is -0.388. The van der Waals surface area contributed by atoms with Crippen LogP contribution in [0, 0.1) is 5.92 Å². The summed E-state index contributed by atoms with van der Waals surface area (Å²) in [5, 5.41) is 8.82. The van der Waals surface area contributed by atoms with E-state index >= 15 is 0 Å². The van der Waals surface area contributed by atoms with Gasteiger partial charge in [-0.15, -0.1) is 0 Å². The number of benzene rings is 2. The Labute approximate surface area is 202 Å². The van der Waals surface area contributed by atoms with Gasteiger partial charge >= 0.3 is 0 Å². The first kappa shape index (κ1) is 25.4. The van der Waals surface area contributed by atoms with E-state index in [1.54, 1.807) is 18.9 Å². The maximum absolute atomic E-state index is 13.7. The third-order valence-electron chi connectivity index (χ3n) is 6.38. The molecule has 182 valence electrons. The fraction of sp³-hybridized carbons (Fsp3) is 0.444. The molecule has 0 saturated carbocycles. The van der Waals surface area contributed by atoms with Crippen molar-refractivity contribution in [1.29, 1.82) is 0 Å². The van der Waals surface area contributed by atoms with Crippen LogP contribution in [-0.4, -0.2) is 60.9 Å². The van der Waals surface area contributed by atoms with Gasteiger partial charge in [-0.1, -0.05) is 67.6 Å². The van der Waals surface area contributed by atoms with Crippen LogP contribution in [0.1, 0.15) is 31.4 Å². The molecule has 3 amide bonds. The smallest absolute Gasteiger partial charge is 0.246 e. The molecule has 0 unspecified atom stereocenters. The number of carbonyl (C=O) groups is 3. The lowest BCUT2D eigenvalue weighted by molar-refractivity contribution is -0.141. The molecule has 1 fully saturated rings. The molecule has 2 aromatic carbocycles. The molecule has 1 aliphatic rings. The first-order valence-electron chi connectivity index (χ1n) is 12.0. The molecule has 0 bridgehead atoms. The molecule has 2 aromatic rings. The first-order chi connectivity index (χ1) is 16.4. The van der Waals surface area contributed by atoms with Crippen LogP contribution in [0.5, 0.6) is 0 Å². The van der Waals surface area contributed by atoms with Crippen LogP contribution in [0.4, 0.5) is 0 Å². The highest BCUT2D eigenvalue weighted by atomic mass is 16.2. The fourth-order valence-electron chi connectivity index (χ4n) is 4.31. The van der Waals surface area contributed by atoms with Gasteiger partial charge in [0.05, 0.1) is 6.04 Å². The summed E-state index contributed by atoms with van der Waals surface area (Å²) >= 11 is 0. The van der Waals surface area contributed by atoms with Gasteiger partial charge in [-0.3, -0.25) is 14.4 Å². The fourth-order valence-corrected chi connectivity index (χ4v) is 4.31. The lowest BCUT2D eigenvalue weighted by Gasteiger charge is -2.29. The molecule has 0 aromatic heterocycles. The second-order valence-electron chi connectivity index (χ2n) is 9.14. The molecular formula is C27H36N4O3. The highest BCUT2D eigenvalue weighted by Gasteiger charge is 2.40. The molecule has 3 rings (SSSR count). The summed E-state index contributed by atoms with van der Waals surface area (Å²) < 4.78 is 0. The molecular weight excluding hydrogens is 428 g/mol. The van der Waals surface area contributed by atoms with Crippen molar-refractivity contribution in [1.82, 2.24) is 20.9 Å². The third-order valence-corrected chi connectivity index (χ3v) is 6.38. The van der Waals surface area contributed by atoms with E-state index < -0.39 is 18.1 Å². The molecule has 1 aliphatic heterocycles. The van der Waals surface area contributed by atoms with Gasteiger partial charge in [-0.25, -0.2) is 0 Å². The van der Waals surface area contributed by atoms with E-state index in [0.29, 0.717) is 25.9 Å². The molecule has 0 aliphatic carbocycles. The van der Waals surface area contributed by atoms with Crippen molar-refractivity contribution < 1.29 is 14.4 Å². The number of nitrogens with one attached hydrogen (secondary N) is 3. The Morgan fingerprint density at radius 1 is 1.00 bits per heavy atom. The first-order valence-corrected chi connectivity index (χ1v) is 12.0. The zero-order valence-corrected chi connectivity index (χ0v) is 20.3. The number of nitrogens with zero attached hydrogens (tertiary/aromatic N) is 1. The Balaban J connectivity index is 1.70. The van der Waals surface area contributed by atoms with Crippen molar-refractivity contribution in [2.45, 2.75) is 51.2 Å². The predicted octanol–water partition coefficient (Wildman–Crippen LogP) is 1.92. The summed E-state index contributed by atoms with van der Waals surface area (Å²) in [6, 6.07) is 17.9. The van der Waals surface area contributed by atoms with Crippen LogP contribution < -0.4 is 16.0 Å². The lowest BCUT2D eigenvalue weighted by Crippen LogP contribution is -2.56. The molecule has 7 heteroatoms. The Kier molecular flexibility index (Phi) is 9.22. The van der Waals surface area contributed by atoms with Gasteiger partial charge in [-0.05, 0) is 43.9 Å². The van der Waals surface area contributed by atoms with Crippen LogP contribution in [0.15, 0.2) is 60.7 Å². The van der Waals surface area contributed by atoms with E-state index in [9.17, 15) is 14.4 Å². The van der Waals surface area contributed by atoms with Gasteiger partial charge in [-0.2, -0.15) is 0 Å². The van der Waals surface area contributed by atoms with Gasteiger partial charge in [0.2, 0.25) is 17.7 Å². The summed E-state index contributed by atoms with van der Waals surface area (Å²) in [4.78, 5) is 41.0. The van der Waals surface area contributed by atoms with Crippen molar-refractivity contribution in [2.75, 3.05) is 20.1 Å². The number of likely N-dealkylation sites (N-methyl/N-ethyl adjacent to an activating group) is 1. The quantitative estimate of drug-likeness (QED) is 0.501. The normalized spacial score (nSPS) is 19.3. The maximum Gasteiger partial charge on any atom is 0.246 e. The largest absolute Gasteiger partial charge is 0.354 e. The number of hydrogen-bond acceptors (Lipinski definition) is 4. The molecule has 34 heavy (non-hydrogen) atoms. The van der Waals surface area contributed by atoms with Gasteiger partial charge < -0.3 is 20.9 Å². The topological polar surface area (TPSA) is 90.5 Å². The third kappa shape index (κ3) is 6.90. The molecule has 1 heterocycles. The SMILES string of the molecule is CN[C@@H](C)C(=O)N[C@@H](Cc1ccccc1)C(=O)N1C[C@@H](C)C[C@H]1C(=O)NCCc1ccccc1. The second-order valence-corrected chi connectivity index (χ2v) is 9.14. The Morgan fingerprint density at radius 3 is 2.24 bits per heavy atom. The minimum Gasteiger partial charge on any atom is -0.354 e. The number of rotatable bonds is 10. The zero-order chi connectivity index (χ0) is 24.5. The van der Waals surface area contributed by atoms with Crippen molar-refractivity contribution in [2.24, 2.45) is 5.92 Å². The number of hydrogen-bond donors (Lipinski definition) is 3. The monoisotopic (exact) mass is 464 g/mol. The number of carbonyl (C=O) groups excluding carboxylic acids is 3. The van der Waals surface area contributed by atoms with Crippen LogP contribution in [0.2, 0.25) is 0 Å². The van der Waals surface area contributed by atoms with Crippen LogP contribution in [0.25, 0.3) is 0 Å². The predicted molar refractivity (Wildman–Crippen MR) is 133 cm³/mol. The maximum atomic E-state index is 13.7. The summed E-state index contributed by atoms with van der Waals surface area (Å²) in [5.41, 5.74) is 2.11. The van der Waals surface area contributed by atoms with Crippen molar-refractivity contribution in [3.8, 4) is 0 Å². The second kappa shape index (κ2) is 12.3. The molecule has 0 radical (unpaired) electrons. The van der Waals surface area contributed by atoms with Crippen LogP contribution in [-0.2, 0) is 27.2 Å². The van der Waals surface area contributed by atoms with Gasteiger partial charge in [0, 0.05) is 19.5 Å². The average Bonchev–Trinajstić information content (AvgIpc) is 3.25. The lowest BCUT2D eigenvalue weighted by atomic mass is 10.0. The molecule has 3 N–H and O–H groups in total. The minimum atomic E-state index is -0.740. The van der Waals surface area contributed by atoms with E-state index in [2.05, 4.69) is 16.0 Å². The van der Waals surface area contributed by atoms with E-state index in [0.717, 1.165) is 17.5 Å². The molecule has 1 saturated heterocycles. The summed E-state index contributed by atoms with van der Waals surface area (Å²) in [6.45, 7) is 4.81. The zero-order valence-electron chi connectivity index (χ0n) is 20.3. The van der Waals surface area contributed by atoms with E-state index in [-0.39, 0.29) is 23.6 Å². The Bertz CT molecular complexity index is 951. The van der Waals surface area contributed by atoms with Crippen LogP contribution >= 0.6 is 0 Å². The standard InChI is InChI=1S/C27H36N4O3/c1-19-16-24(26(33)29-15-14-21-10-6-4-7-11-21)31(18-19)27(34)23(30-25(32)20(2)28-3)17-22-12-8-5-9-13-22/h4-13,19-20,23-24,28H,14-18H2,1-3H3,(H,29,33)(H,30,32)/t19-,20-,23-,24-/m0/s1. The van der Waals surface area contributed by atoms with E-state index in [1.165, 1.54) is 0 Å². The Hall–Kier alpha value is -3.19. The van der Waals surface area contributed by atoms with Crippen molar-refractivity contribution >= 4 is 17.7 Å². The van der Waals surface area contributed by atoms with Gasteiger partial charge in [0.15, 0.2) is 0 Å². The van der Waals surface area contributed by atoms with E-state index in [4.69, 9.17) is 0 Å². The highest BCUT2D eigenvalue weighted by Crippen LogP contribution is 2.24. The van der Waals surface area contributed by atoms with Crippen LogP contribution in [0.3, 0.4) is 0 Å². The minimum absolute atomic E-state index is 0.137.